The highest BCUT2D eigenvalue weighted by Gasteiger charge is 2.19. The Morgan fingerprint density at radius 3 is 2.52 bits per heavy atom. The molecule has 1 heterocycles. The van der Waals surface area contributed by atoms with Crippen LogP contribution >= 0.6 is 11.6 Å². The Balaban J connectivity index is 1.79. The fourth-order valence-electron chi connectivity index (χ4n) is 2.54. The van der Waals surface area contributed by atoms with Crippen molar-refractivity contribution in [3.8, 4) is 0 Å². The monoisotopic (exact) mass is 427 g/mol. The molecule has 0 aliphatic heterocycles. The molecule has 3 rings (SSSR count). The van der Waals surface area contributed by atoms with Gasteiger partial charge in [0.05, 0.1) is 15.6 Å². The lowest BCUT2D eigenvalue weighted by Gasteiger charge is -2.13. The van der Waals surface area contributed by atoms with E-state index in [1.807, 2.05) is 0 Å². The summed E-state index contributed by atoms with van der Waals surface area (Å²) in [5.74, 6) is -0.381. The van der Waals surface area contributed by atoms with Gasteiger partial charge in [-0.25, -0.2) is 8.42 Å². The predicted molar refractivity (Wildman–Crippen MR) is 115 cm³/mol. The first-order chi connectivity index (χ1) is 13.8. The SMILES string of the molecule is Cc1ccc(NC(=O)/C=C/c2ccncc2)cc1S(=O)(=O)Nc1ccccc1Cl. The highest BCUT2D eigenvalue weighted by Crippen LogP contribution is 2.26. The fourth-order valence-corrected chi connectivity index (χ4v) is 4.13. The maximum Gasteiger partial charge on any atom is 0.262 e. The van der Waals surface area contributed by atoms with Gasteiger partial charge in [0.2, 0.25) is 5.91 Å². The van der Waals surface area contributed by atoms with Crippen LogP contribution in [0, 0.1) is 6.92 Å². The van der Waals surface area contributed by atoms with Crippen LogP contribution in [-0.2, 0) is 14.8 Å². The van der Waals surface area contributed by atoms with E-state index in [9.17, 15) is 13.2 Å². The second-order valence-electron chi connectivity index (χ2n) is 6.17. The average Bonchev–Trinajstić information content (AvgIpc) is 2.70. The summed E-state index contributed by atoms with van der Waals surface area (Å²) in [7, 11) is -3.89. The van der Waals surface area contributed by atoms with Gasteiger partial charge in [-0.1, -0.05) is 29.8 Å². The second-order valence-corrected chi connectivity index (χ2v) is 8.23. The molecule has 2 aromatic carbocycles. The van der Waals surface area contributed by atoms with Crippen molar-refractivity contribution in [1.29, 1.82) is 0 Å². The molecule has 0 unspecified atom stereocenters. The summed E-state index contributed by atoms with van der Waals surface area (Å²) in [4.78, 5) is 16.1. The van der Waals surface area contributed by atoms with Crippen molar-refractivity contribution in [3.05, 3.63) is 89.2 Å². The number of pyridine rings is 1. The number of carbonyl (C=O) groups is 1. The van der Waals surface area contributed by atoms with Crippen LogP contribution in [0.15, 0.2) is 78.0 Å². The number of hydrogen-bond acceptors (Lipinski definition) is 4. The number of aryl methyl sites for hydroxylation is 1. The number of carbonyl (C=O) groups excluding carboxylic acids is 1. The van der Waals surface area contributed by atoms with E-state index >= 15 is 0 Å². The summed E-state index contributed by atoms with van der Waals surface area (Å²) >= 11 is 6.05. The van der Waals surface area contributed by atoms with Gasteiger partial charge in [0.1, 0.15) is 0 Å². The molecule has 6 nitrogen and oxygen atoms in total. The molecule has 0 spiro atoms. The van der Waals surface area contributed by atoms with Gasteiger partial charge in [-0.05, 0) is 60.5 Å². The maximum absolute atomic E-state index is 12.8. The Morgan fingerprint density at radius 1 is 1.07 bits per heavy atom. The molecule has 0 bridgehead atoms. The highest BCUT2D eigenvalue weighted by molar-refractivity contribution is 7.92. The van der Waals surface area contributed by atoms with Crippen LogP contribution in [0.25, 0.3) is 6.08 Å². The number of benzene rings is 2. The van der Waals surface area contributed by atoms with Crippen LogP contribution in [0.5, 0.6) is 0 Å². The Bertz CT molecular complexity index is 1160. The summed E-state index contributed by atoms with van der Waals surface area (Å²) in [6, 6.07) is 14.8. The van der Waals surface area contributed by atoms with Crippen molar-refractivity contribution in [2.75, 3.05) is 10.0 Å². The minimum atomic E-state index is -3.89. The number of halogens is 1. The van der Waals surface area contributed by atoms with Crippen molar-refractivity contribution in [2.45, 2.75) is 11.8 Å². The van der Waals surface area contributed by atoms with Crippen LogP contribution in [0.4, 0.5) is 11.4 Å². The van der Waals surface area contributed by atoms with Gasteiger partial charge in [-0.3, -0.25) is 14.5 Å². The molecular weight excluding hydrogens is 410 g/mol. The van der Waals surface area contributed by atoms with Crippen LogP contribution in [-0.4, -0.2) is 19.3 Å². The molecule has 8 heteroatoms. The lowest BCUT2D eigenvalue weighted by Crippen LogP contribution is -2.15. The summed E-state index contributed by atoms with van der Waals surface area (Å²) in [5, 5.41) is 2.96. The minimum Gasteiger partial charge on any atom is -0.322 e. The molecule has 0 saturated carbocycles. The Kier molecular flexibility index (Phi) is 6.31. The Hall–Kier alpha value is -3.16. The number of nitrogens with zero attached hydrogens (tertiary/aromatic N) is 1. The van der Waals surface area contributed by atoms with Crippen LogP contribution in [0.3, 0.4) is 0 Å². The van der Waals surface area contributed by atoms with Gasteiger partial charge >= 0.3 is 0 Å². The number of aromatic nitrogens is 1. The Labute approximate surface area is 174 Å². The van der Waals surface area contributed by atoms with E-state index in [4.69, 9.17) is 11.6 Å². The number of para-hydroxylation sites is 1. The lowest BCUT2D eigenvalue weighted by atomic mass is 10.2. The van der Waals surface area contributed by atoms with Gasteiger partial charge in [-0.15, -0.1) is 0 Å². The topological polar surface area (TPSA) is 88.2 Å². The second kappa shape index (κ2) is 8.89. The van der Waals surface area contributed by atoms with Crippen molar-refractivity contribution < 1.29 is 13.2 Å². The standard InChI is InChI=1S/C21H18ClN3O3S/c1-15-6-8-17(24-21(26)9-7-16-10-12-23-13-11-16)14-20(15)29(27,28)25-19-5-3-2-4-18(19)22/h2-14,25H,1H3,(H,24,26)/b9-7+. The number of hydrogen-bond donors (Lipinski definition) is 2. The normalized spacial score (nSPS) is 11.4. The van der Waals surface area contributed by atoms with E-state index in [1.165, 1.54) is 12.1 Å². The Morgan fingerprint density at radius 2 is 1.79 bits per heavy atom. The molecule has 0 aliphatic carbocycles. The van der Waals surface area contributed by atoms with Gasteiger partial charge in [0.25, 0.3) is 10.0 Å². The van der Waals surface area contributed by atoms with E-state index in [-0.39, 0.29) is 16.5 Å². The highest BCUT2D eigenvalue weighted by atomic mass is 35.5. The number of amides is 1. The molecule has 148 valence electrons. The largest absolute Gasteiger partial charge is 0.322 e. The quantitative estimate of drug-likeness (QED) is 0.567. The van der Waals surface area contributed by atoms with E-state index in [0.29, 0.717) is 16.3 Å². The molecule has 3 aromatic rings. The summed E-state index contributed by atoms with van der Waals surface area (Å²) in [6.07, 6.45) is 6.26. The number of rotatable bonds is 6. The number of nitrogens with one attached hydrogen (secondary N) is 2. The third kappa shape index (κ3) is 5.43. The van der Waals surface area contributed by atoms with E-state index in [0.717, 1.165) is 5.56 Å². The fraction of sp³-hybridized carbons (Fsp3) is 0.0476. The van der Waals surface area contributed by atoms with Crippen LogP contribution in [0.2, 0.25) is 5.02 Å². The smallest absolute Gasteiger partial charge is 0.262 e. The molecule has 0 radical (unpaired) electrons. The van der Waals surface area contributed by atoms with Crippen molar-refractivity contribution in [2.24, 2.45) is 0 Å². The molecule has 29 heavy (non-hydrogen) atoms. The zero-order chi connectivity index (χ0) is 20.9. The summed E-state index contributed by atoms with van der Waals surface area (Å²) < 4.78 is 28.1. The molecule has 0 aliphatic rings. The van der Waals surface area contributed by atoms with E-state index in [2.05, 4.69) is 15.0 Å². The average molecular weight is 428 g/mol. The maximum atomic E-state index is 12.8. The van der Waals surface area contributed by atoms with Gasteiger partial charge < -0.3 is 5.32 Å². The zero-order valence-corrected chi connectivity index (χ0v) is 17.0. The first kappa shape index (κ1) is 20.6. The molecule has 0 fully saturated rings. The molecule has 0 atom stereocenters. The van der Waals surface area contributed by atoms with Crippen LogP contribution in [0.1, 0.15) is 11.1 Å². The van der Waals surface area contributed by atoms with Crippen molar-refractivity contribution in [3.63, 3.8) is 0 Å². The number of anilines is 2. The number of sulfonamides is 1. The van der Waals surface area contributed by atoms with Gasteiger partial charge in [-0.2, -0.15) is 0 Å². The molecule has 2 N–H and O–H groups in total. The van der Waals surface area contributed by atoms with Gasteiger partial charge in [0.15, 0.2) is 0 Å². The van der Waals surface area contributed by atoms with Crippen molar-refractivity contribution in [1.82, 2.24) is 4.98 Å². The summed E-state index contributed by atoms with van der Waals surface area (Å²) in [5.41, 5.74) is 2.00. The molecule has 1 amide bonds. The van der Waals surface area contributed by atoms with Crippen LogP contribution < -0.4 is 10.0 Å². The van der Waals surface area contributed by atoms with Crippen molar-refractivity contribution >= 4 is 45.0 Å². The molecule has 0 saturated heterocycles. The zero-order valence-electron chi connectivity index (χ0n) is 15.5. The van der Waals surface area contributed by atoms with E-state index < -0.39 is 10.0 Å². The van der Waals surface area contributed by atoms with Gasteiger partial charge in [0, 0.05) is 24.2 Å². The summed E-state index contributed by atoms with van der Waals surface area (Å²) in [6.45, 7) is 1.68. The third-order valence-corrected chi connectivity index (χ3v) is 5.83. The molecule has 1 aromatic heterocycles. The molecular formula is C21H18ClN3O3S. The third-order valence-electron chi connectivity index (χ3n) is 4.00. The van der Waals surface area contributed by atoms with E-state index in [1.54, 1.807) is 73.9 Å². The minimum absolute atomic E-state index is 0.0494. The first-order valence-corrected chi connectivity index (χ1v) is 10.5. The lowest BCUT2D eigenvalue weighted by molar-refractivity contribution is -0.111. The first-order valence-electron chi connectivity index (χ1n) is 8.62. The predicted octanol–water partition coefficient (Wildman–Crippen LogP) is 4.50.